The van der Waals surface area contributed by atoms with Gasteiger partial charge in [0.1, 0.15) is 12.0 Å². The van der Waals surface area contributed by atoms with E-state index in [9.17, 15) is 10.1 Å². The van der Waals surface area contributed by atoms with Gasteiger partial charge in [0.25, 0.3) is 5.69 Å². The van der Waals surface area contributed by atoms with Crippen LogP contribution in [0.3, 0.4) is 0 Å². The van der Waals surface area contributed by atoms with E-state index in [0.29, 0.717) is 17.1 Å². The number of non-ortho nitro benzene ring substituents is 1. The number of nitrogens with zero attached hydrogens (tertiary/aromatic N) is 2. The van der Waals surface area contributed by atoms with E-state index in [-0.39, 0.29) is 5.69 Å². The van der Waals surface area contributed by atoms with E-state index in [2.05, 4.69) is 4.98 Å². The lowest BCUT2D eigenvalue weighted by Crippen LogP contribution is -1.88. The molecule has 2 aromatic carbocycles. The van der Waals surface area contributed by atoms with Crippen molar-refractivity contribution in [2.24, 2.45) is 0 Å². The zero-order valence-corrected chi connectivity index (χ0v) is 10.4. The SMILES string of the molecule is O=[N+]([O-])c1cccc(-c2nc(-c3ccccc3)co2)c1. The second kappa shape index (κ2) is 4.97. The van der Waals surface area contributed by atoms with E-state index in [1.54, 1.807) is 18.4 Å². The summed E-state index contributed by atoms with van der Waals surface area (Å²) >= 11 is 0. The molecular formula is C15H10N2O3. The van der Waals surface area contributed by atoms with Crippen LogP contribution < -0.4 is 0 Å². The van der Waals surface area contributed by atoms with Gasteiger partial charge in [-0.05, 0) is 6.07 Å². The molecule has 98 valence electrons. The predicted molar refractivity (Wildman–Crippen MR) is 74.0 cm³/mol. The summed E-state index contributed by atoms with van der Waals surface area (Å²) in [6.07, 6.45) is 1.55. The Bertz CT molecular complexity index is 751. The summed E-state index contributed by atoms with van der Waals surface area (Å²) in [5.41, 5.74) is 2.24. The lowest BCUT2D eigenvalue weighted by atomic mass is 10.2. The Morgan fingerprint density at radius 3 is 2.50 bits per heavy atom. The lowest BCUT2D eigenvalue weighted by molar-refractivity contribution is -0.384. The smallest absolute Gasteiger partial charge is 0.270 e. The molecule has 0 spiro atoms. The van der Waals surface area contributed by atoms with E-state index in [4.69, 9.17) is 4.42 Å². The van der Waals surface area contributed by atoms with Crippen molar-refractivity contribution in [1.82, 2.24) is 4.98 Å². The van der Waals surface area contributed by atoms with Crippen molar-refractivity contribution in [3.63, 3.8) is 0 Å². The molecule has 0 aliphatic carbocycles. The summed E-state index contributed by atoms with van der Waals surface area (Å²) in [5.74, 6) is 0.368. The van der Waals surface area contributed by atoms with Crippen LogP contribution in [0, 0.1) is 10.1 Å². The number of hydrogen-bond donors (Lipinski definition) is 0. The zero-order valence-electron chi connectivity index (χ0n) is 10.4. The number of oxazole rings is 1. The first-order valence-electron chi connectivity index (χ1n) is 6.00. The molecule has 5 heteroatoms. The molecule has 0 radical (unpaired) electrons. The second-order valence-corrected chi connectivity index (χ2v) is 4.21. The van der Waals surface area contributed by atoms with Crippen LogP contribution in [0.1, 0.15) is 0 Å². The summed E-state index contributed by atoms with van der Waals surface area (Å²) < 4.78 is 5.41. The molecule has 0 aliphatic heterocycles. The van der Waals surface area contributed by atoms with E-state index in [1.165, 1.54) is 12.1 Å². The number of rotatable bonds is 3. The summed E-state index contributed by atoms with van der Waals surface area (Å²) in [6.45, 7) is 0. The fraction of sp³-hybridized carbons (Fsp3) is 0. The molecule has 1 aromatic heterocycles. The van der Waals surface area contributed by atoms with E-state index in [1.807, 2.05) is 30.3 Å². The van der Waals surface area contributed by atoms with Gasteiger partial charge in [-0.25, -0.2) is 4.98 Å². The highest BCUT2D eigenvalue weighted by molar-refractivity contribution is 5.64. The van der Waals surface area contributed by atoms with Gasteiger partial charge < -0.3 is 4.42 Å². The third kappa shape index (κ3) is 2.29. The molecule has 0 unspecified atom stereocenters. The minimum absolute atomic E-state index is 0.0157. The van der Waals surface area contributed by atoms with E-state index >= 15 is 0 Å². The number of aromatic nitrogens is 1. The summed E-state index contributed by atoms with van der Waals surface area (Å²) in [6, 6.07) is 15.8. The van der Waals surface area contributed by atoms with Crippen LogP contribution in [0.4, 0.5) is 5.69 Å². The van der Waals surface area contributed by atoms with Crippen molar-refractivity contribution in [3.05, 3.63) is 71.0 Å². The van der Waals surface area contributed by atoms with Crippen molar-refractivity contribution in [2.45, 2.75) is 0 Å². The molecule has 5 nitrogen and oxygen atoms in total. The first kappa shape index (κ1) is 12.1. The molecule has 0 bridgehead atoms. The van der Waals surface area contributed by atoms with Gasteiger partial charge in [0.05, 0.1) is 4.92 Å². The van der Waals surface area contributed by atoms with Crippen molar-refractivity contribution in [1.29, 1.82) is 0 Å². The van der Waals surface area contributed by atoms with E-state index in [0.717, 1.165) is 5.56 Å². The highest BCUT2D eigenvalue weighted by Crippen LogP contribution is 2.26. The largest absolute Gasteiger partial charge is 0.444 e. The van der Waals surface area contributed by atoms with Gasteiger partial charge in [0.2, 0.25) is 5.89 Å². The van der Waals surface area contributed by atoms with Crippen molar-refractivity contribution in [2.75, 3.05) is 0 Å². The van der Waals surface area contributed by atoms with Crippen molar-refractivity contribution >= 4 is 5.69 Å². The Balaban J connectivity index is 1.98. The van der Waals surface area contributed by atoms with Crippen LogP contribution in [0.25, 0.3) is 22.7 Å². The van der Waals surface area contributed by atoms with Gasteiger partial charge >= 0.3 is 0 Å². The first-order valence-corrected chi connectivity index (χ1v) is 6.00. The van der Waals surface area contributed by atoms with Crippen molar-refractivity contribution in [3.8, 4) is 22.7 Å². The van der Waals surface area contributed by atoms with E-state index < -0.39 is 4.92 Å². The lowest BCUT2D eigenvalue weighted by Gasteiger charge is -1.95. The molecule has 20 heavy (non-hydrogen) atoms. The molecule has 0 saturated heterocycles. The van der Waals surface area contributed by atoms with Crippen LogP contribution in [-0.2, 0) is 0 Å². The van der Waals surface area contributed by atoms with Crippen LogP contribution >= 0.6 is 0 Å². The maximum absolute atomic E-state index is 10.8. The Kier molecular flexibility index (Phi) is 3.01. The molecule has 0 aliphatic rings. The summed E-state index contributed by atoms with van der Waals surface area (Å²) in [4.78, 5) is 14.7. The summed E-state index contributed by atoms with van der Waals surface area (Å²) in [5, 5.41) is 10.8. The normalized spacial score (nSPS) is 10.4. The molecule has 0 N–H and O–H groups in total. The van der Waals surface area contributed by atoms with Crippen LogP contribution in [0.5, 0.6) is 0 Å². The molecule has 0 fully saturated rings. The maximum Gasteiger partial charge on any atom is 0.270 e. The molecule has 0 atom stereocenters. The maximum atomic E-state index is 10.8. The van der Waals surface area contributed by atoms with Gasteiger partial charge in [-0.2, -0.15) is 0 Å². The number of benzene rings is 2. The first-order chi connectivity index (χ1) is 9.74. The fourth-order valence-electron chi connectivity index (χ4n) is 1.90. The number of nitro groups is 1. The molecule has 3 rings (SSSR count). The highest BCUT2D eigenvalue weighted by Gasteiger charge is 2.12. The van der Waals surface area contributed by atoms with Crippen LogP contribution in [0.2, 0.25) is 0 Å². The predicted octanol–water partition coefficient (Wildman–Crippen LogP) is 3.92. The monoisotopic (exact) mass is 266 g/mol. The van der Waals surface area contributed by atoms with Gasteiger partial charge in [-0.3, -0.25) is 10.1 Å². The fourth-order valence-corrected chi connectivity index (χ4v) is 1.90. The number of nitro benzene ring substituents is 1. The number of hydrogen-bond acceptors (Lipinski definition) is 4. The van der Waals surface area contributed by atoms with Gasteiger partial charge in [-0.15, -0.1) is 0 Å². The Morgan fingerprint density at radius 1 is 1.00 bits per heavy atom. The minimum atomic E-state index is -0.440. The molecule has 0 amide bonds. The topological polar surface area (TPSA) is 69.2 Å². The molecular weight excluding hydrogens is 256 g/mol. The third-order valence-corrected chi connectivity index (χ3v) is 2.88. The van der Waals surface area contributed by atoms with Crippen molar-refractivity contribution < 1.29 is 9.34 Å². The standard InChI is InChI=1S/C15H10N2O3/c18-17(19)13-8-4-7-12(9-13)15-16-14(10-20-15)11-5-2-1-3-6-11/h1-10H. The van der Waals surface area contributed by atoms with Crippen LogP contribution in [0.15, 0.2) is 65.3 Å². The highest BCUT2D eigenvalue weighted by atomic mass is 16.6. The van der Waals surface area contributed by atoms with Crippen LogP contribution in [-0.4, -0.2) is 9.91 Å². The van der Waals surface area contributed by atoms with Gasteiger partial charge in [0.15, 0.2) is 0 Å². The second-order valence-electron chi connectivity index (χ2n) is 4.21. The molecule has 1 heterocycles. The molecule has 0 saturated carbocycles. The average molecular weight is 266 g/mol. The average Bonchev–Trinajstić information content (AvgIpc) is 2.98. The zero-order chi connectivity index (χ0) is 13.9. The Hall–Kier alpha value is -2.95. The van der Waals surface area contributed by atoms with Gasteiger partial charge in [0, 0.05) is 23.3 Å². The summed E-state index contributed by atoms with van der Waals surface area (Å²) in [7, 11) is 0. The Labute approximate surface area is 114 Å². The molecule has 3 aromatic rings. The quantitative estimate of drug-likeness (QED) is 0.532. The minimum Gasteiger partial charge on any atom is -0.444 e. The Morgan fingerprint density at radius 2 is 1.75 bits per heavy atom. The third-order valence-electron chi connectivity index (χ3n) is 2.88. The van der Waals surface area contributed by atoms with Gasteiger partial charge in [-0.1, -0.05) is 36.4 Å².